The van der Waals surface area contributed by atoms with Gasteiger partial charge in [0.1, 0.15) is 17.7 Å². The van der Waals surface area contributed by atoms with Crippen LogP contribution in [0.5, 0.6) is 5.75 Å². The number of benzene rings is 2. The van der Waals surface area contributed by atoms with Gasteiger partial charge in [-0.25, -0.2) is 4.39 Å². The normalized spacial score (nSPS) is 15.8. The zero-order valence-corrected chi connectivity index (χ0v) is 17.0. The van der Waals surface area contributed by atoms with E-state index in [4.69, 9.17) is 4.74 Å². The fraction of sp³-hybridized carbons (Fsp3) is 0.292. The molecule has 6 heteroatoms. The van der Waals surface area contributed by atoms with Gasteiger partial charge >= 0.3 is 0 Å². The van der Waals surface area contributed by atoms with Gasteiger partial charge in [-0.3, -0.25) is 9.88 Å². The Labute approximate surface area is 176 Å². The van der Waals surface area contributed by atoms with Gasteiger partial charge in [0.15, 0.2) is 0 Å². The number of piperazine rings is 1. The average Bonchev–Trinajstić information content (AvgIpc) is 2.80. The van der Waals surface area contributed by atoms with Gasteiger partial charge in [-0.2, -0.15) is 0 Å². The van der Waals surface area contributed by atoms with Crippen LogP contribution in [0.4, 0.5) is 10.1 Å². The zero-order chi connectivity index (χ0) is 20.9. The summed E-state index contributed by atoms with van der Waals surface area (Å²) < 4.78 is 20.1. The lowest BCUT2D eigenvalue weighted by molar-refractivity contribution is 0.218. The molecule has 0 amide bonds. The number of ether oxygens (including phenoxy) is 1. The van der Waals surface area contributed by atoms with Crippen molar-refractivity contribution in [2.45, 2.75) is 12.6 Å². The zero-order valence-electron chi connectivity index (χ0n) is 17.0. The molecule has 2 heterocycles. The molecule has 0 aliphatic carbocycles. The van der Waals surface area contributed by atoms with Crippen LogP contribution in [0.3, 0.4) is 0 Å². The van der Waals surface area contributed by atoms with Crippen molar-refractivity contribution in [3.63, 3.8) is 0 Å². The number of aliphatic hydroxyl groups is 1. The van der Waals surface area contributed by atoms with Gasteiger partial charge < -0.3 is 14.7 Å². The summed E-state index contributed by atoms with van der Waals surface area (Å²) in [6.45, 7) is 3.84. The van der Waals surface area contributed by atoms with Gasteiger partial charge in [0.25, 0.3) is 0 Å². The minimum absolute atomic E-state index is 0.309. The fourth-order valence-electron chi connectivity index (χ4n) is 3.96. The molecule has 0 unspecified atom stereocenters. The first kappa shape index (κ1) is 20.3. The molecule has 30 heavy (non-hydrogen) atoms. The van der Waals surface area contributed by atoms with Crippen LogP contribution in [0.25, 0.3) is 0 Å². The Bertz CT molecular complexity index is 975. The van der Waals surface area contributed by atoms with Crippen molar-refractivity contribution < 1.29 is 14.2 Å². The van der Waals surface area contributed by atoms with E-state index in [1.54, 1.807) is 43.8 Å². The van der Waals surface area contributed by atoms with Crippen molar-refractivity contribution in [1.29, 1.82) is 0 Å². The molecule has 1 aliphatic rings. The Kier molecular flexibility index (Phi) is 6.26. The molecule has 1 fully saturated rings. The summed E-state index contributed by atoms with van der Waals surface area (Å²) in [6, 6.07) is 16.5. The van der Waals surface area contributed by atoms with Crippen LogP contribution in [0.1, 0.15) is 22.8 Å². The molecule has 4 rings (SSSR count). The van der Waals surface area contributed by atoms with Crippen molar-refractivity contribution in [1.82, 2.24) is 9.88 Å². The van der Waals surface area contributed by atoms with Gasteiger partial charge in [0.2, 0.25) is 0 Å². The lowest BCUT2D eigenvalue weighted by Gasteiger charge is -2.37. The third-order valence-electron chi connectivity index (χ3n) is 5.54. The first-order valence-corrected chi connectivity index (χ1v) is 10.1. The number of methoxy groups -OCH3 is 1. The molecule has 1 N–H and O–H groups in total. The summed E-state index contributed by atoms with van der Waals surface area (Å²) in [6.07, 6.45) is 2.36. The van der Waals surface area contributed by atoms with E-state index in [0.29, 0.717) is 29.9 Å². The maximum Gasteiger partial charge on any atom is 0.146 e. The van der Waals surface area contributed by atoms with Crippen molar-refractivity contribution in [2.24, 2.45) is 0 Å². The Morgan fingerprint density at radius 2 is 1.87 bits per heavy atom. The number of halogens is 1. The molecule has 156 valence electrons. The largest absolute Gasteiger partial charge is 0.497 e. The summed E-state index contributed by atoms with van der Waals surface area (Å²) in [5, 5.41) is 10.9. The Morgan fingerprint density at radius 1 is 1.07 bits per heavy atom. The van der Waals surface area contributed by atoms with Crippen molar-refractivity contribution in [3.8, 4) is 5.75 Å². The molecular weight excluding hydrogens is 381 g/mol. The van der Waals surface area contributed by atoms with Crippen LogP contribution in [0.15, 0.2) is 67.0 Å². The number of rotatable bonds is 6. The molecule has 0 saturated carbocycles. The highest BCUT2D eigenvalue weighted by atomic mass is 19.1. The number of aromatic nitrogens is 1. The molecule has 1 aliphatic heterocycles. The number of hydrogen-bond acceptors (Lipinski definition) is 5. The Hall–Kier alpha value is -2.96. The Balaban J connectivity index is 1.48. The second kappa shape index (κ2) is 9.24. The number of hydrogen-bond donors (Lipinski definition) is 1. The minimum Gasteiger partial charge on any atom is -0.497 e. The lowest BCUT2D eigenvalue weighted by atomic mass is 9.99. The topological polar surface area (TPSA) is 48.8 Å². The standard InChI is InChI=1S/C24H26FN3O2/c1-30-20-7-2-5-18(15-20)17-27-11-13-28(14-12-27)23-21(8-3-9-22(23)25)24(29)19-6-4-10-26-16-19/h2-10,15-16,24,29H,11-14,17H2,1H3/t24-/m1/s1. The third kappa shape index (κ3) is 4.45. The van der Waals surface area contributed by atoms with Gasteiger partial charge in [0, 0.05) is 56.2 Å². The van der Waals surface area contributed by atoms with Gasteiger partial charge in [-0.05, 0) is 29.8 Å². The van der Waals surface area contributed by atoms with Crippen molar-refractivity contribution in [2.75, 3.05) is 38.2 Å². The molecule has 3 aromatic rings. The lowest BCUT2D eigenvalue weighted by Crippen LogP contribution is -2.46. The van der Waals surface area contributed by atoms with Gasteiger partial charge in [-0.15, -0.1) is 0 Å². The SMILES string of the molecule is COc1cccc(CN2CCN(c3c(F)cccc3[C@H](O)c3cccnc3)CC2)c1. The number of para-hydroxylation sites is 1. The van der Waals surface area contributed by atoms with Crippen LogP contribution in [-0.2, 0) is 6.54 Å². The maximum absolute atomic E-state index is 14.8. The van der Waals surface area contributed by atoms with Gasteiger partial charge in [0.05, 0.1) is 12.8 Å². The highest BCUT2D eigenvalue weighted by Crippen LogP contribution is 2.33. The predicted octanol–water partition coefficient (Wildman–Crippen LogP) is 3.63. The number of anilines is 1. The highest BCUT2D eigenvalue weighted by molar-refractivity contribution is 5.58. The van der Waals surface area contributed by atoms with E-state index >= 15 is 0 Å². The summed E-state index contributed by atoms with van der Waals surface area (Å²) in [5.74, 6) is 0.545. The average molecular weight is 407 g/mol. The maximum atomic E-state index is 14.8. The fourth-order valence-corrected chi connectivity index (χ4v) is 3.96. The van der Waals surface area contributed by atoms with E-state index in [1.807, 2.05) is 23.1 Å². The van der Waals surface area contributed by atoms with Crippen molar-refractivity contribution in [3.05, 3.63) is 89.5 Å². The van der Waals surface area contributed by atoms with Crippen LogP contribution in [-0.4, -0.2) is 48.3 Å². The number of aliphatic hydroxyl groups excluding tert-OH is 1. The van der Waals surface area contributed by atoms with E-state index in [-0.39, 0.29) is 5.82 Å². The number of nitrogens with zero attached hydrogens (tertiary/aromatic N) is 3. The van der Waals surface area contributed by atoms with E-state index in [2.05, 4.69) is 16.0 Å². The molecule has 1 aromatic heterocycles. The molecule has 1 atom stereocenters. The summed E-state index contributed by atoms with van der Waals surface area (Å²) >= 11 is 0. The molecule has 1 saturated heterocycles. The second-order valence-corrected chi connectivity index (χ2v) is 7.48. The van der Waals surface area contributed by atoms with E-state index in [1.165, 1.54) is 11.6 Å². The monoisotopic (exact) mass is 407 g/mol. The van der Waals surface area contributed by atoms with Crippen LogP contribution < -0.4 is 9.64 Å². The molecule has 0 spiro atoms. The van der Waals surface area contributed by atoms with E-state index in [0.717, 1.165) is 25.4 Å². The predicted molar refractivity (Wildman–Crippen MR) is 115 cm³/mol. The molecular formula is C24H26FN3O2. The second-order valence-electron chi connectivity index (χ2n) is 7.48. The van der Waals surface area contributed by atoms with E-state index in [9.17, 15) is 9.50 Å². The first-order valence-electron chi connectivity index (χ1n) is 10.1. The summed E-state index contributed by atoms with van der Waals surface area (Å²) in [4.78, 5) is 8.46. The molecule has 0 bridgehead atoms. The highest BCUT2D eigenvalue weighted by Gasteiger charge is 2.25. The molecule has 2 aromatic carbocycles. The van der Waals surface area contributed by atoms with Crippen molar-refractivity contribution >= 4 is 5.69 Å². The van der Waals surface area contributed by atoms with Crippen LogP contribution in [0.2, 0.25) is 0 Å². The van der Waals surface area contributed by atoms with Gasteiger partial charge in [-0.1, -0.05) is 30.3 Å². The minimum atomic E-state index is -0.917. The quantitative estimate of drug-likeness (QED) is 0.676. The third-order valence-corrected chi connectivity index (χ3v) is 5.54. The van der Waals surface area contributed by atoms with Crippen LogP contribution in [0, 0.1) is 5.82 Å². The smallest absolute Gasteiger partial charge is 0.146 e. The Morgan fingerprint density at radius 3 is 2.60 bits per heavy atom. The first-order chi connectivity index (χ1) is 14.7. The van der Waals surface area contributed by atoms with E-state index < -0.39 is 6.10 Å². The molecule has 0 radical (unpaired) electrons. The number of pyridine rings is 1. The molecule has 5 nitrogen and oxygen atoms in total. The summed E-state index contributed by atoms with van der Waals surface area (Å²) in [5.41, 5.74) is 2.90. The summed E-state index contributed by atoms with van der Waals surface area (Å²) in [7, 11) is 1.67. The van der Waals surface area contributed by atoms with Crippen LogP contribution >= 0.6 is 0 Å².